The van der Waals surface area contributed by atoms with Gasteiger partial charge in [-0.25, -0.2) is 9.97 Å². The van der Waals surface area contributed by atoms with Crippen LogP contribution >= 0.6 is 0 Å². The van der Waals surface area contributed by atoms with Gasteiger partial charge in [-0.2, -0.15) is 5.10 Å². The van der Waals surface area contributed by atoms with Gasteiger partial charge < -0.3 is 10.6 Å². The topological polar surface area (TPSA) is 67.7 Å². The number of hydrogen-bond acceptors (Lipinski definition) is 5. The summed E-state index contributed by atoms with van der Waals surface area (Å²) in [6.07, 6.45) is 5.61. The van der Waals surface area contributed by atoms with Crippen LogP contribution < -0.4 is 10.6 Å². The molecule has 0 aliphatic carbocycles. The molecule has 2 N–H and O–H groups in total. The third-order valence-electron chi connectivity index (χ3n) is 3.16. The molecule has 0 unspecified atom stereocenters. The van der Waals surface area contributed by atoms with Crippen LogP contribution in [0.15, 0.2) is 18.5 Å². The van der Waals surface area contributed by atoms with Gasteiger partial charge in [-0.15, -0.1) is 0 Å². The van der Waals surface area contributed by atoms with E-state index in [1.54, 1.807) is 6.20 Å². The second-order valence-electron chi connectivity index (χ2n) is 4.62. The van der Waals surface area contributed by atoms with E-state index in [0.717, 1.165) is 49.0 Å². The van der Waals surface area contributed by atoms with E-state index in [1.165, 1.54) is 0 Å². The summed E-state index contributed by atoms with van der Waals surface area (Å²) < 4.78 is 1.94. The minimum atomic E-state index is 0.830. The molecule has 6 nitrogen and oxygen atoms in total. The molecular formula is C14H22N6. The Morgan fingerprint density at radius 3 is 2.70 bits per heavy atom. The summed E-state index contributed by atoms with van der Waals surface area (Å²) in [7, 11) is 1.89. The third-order valence-corrected chi connectivity index (χ3v) is 3.16. The first kappa shape index (κ1) is 14.3. The Labute approximate surface area is 119 Å². The second kappa shape index (κ2) is 6.88. The normalized spacial score (nSPS) is 10.6. The molecule has 0 amide bonds. The van der Waals surface area contributed by atoms with E-state index < -0.39 is 0 Å². The van der Waals surface area contributed by atoms with Crippen LogP contribution in [-0.4, -0.2) is 33.3 Å². The Hall–Kier alpha value is -2.11. The molecular weight excluding hydrogens is 252 g/mol. The highest BCUT2D eigenvalue weighted by atomic mass is 15.3. The van der Waals surface area contributed by atoms with Gasteiger partial charge >= 0.3 is 0 Å². The van der Waals surface area contributed by atoms with Crippen LogP contribution in [0, 0.1) is 6.92 Å². The van der Waals surface area contributed by atoms with E-state index in [2.05, 4.69) is 32.6 Å². The summed E-state index contributed by atoms with van der Waals surface area (Å²) in [6, 6.07) is 1.94. The average Bonchev–Trinajstić information content (AvgIpc) is 2.98. The maximum atomic E-state index is 4.55. The Balaban J connectivity index is 1.94. The first-order valence-electron chi connectivity index (χ1n) is 7.01. The standard InChI is InChI=1S/C14H22N6/c1-4-12-18-13(15-3)11(2)14(19-12)16-7-5-9-20-10-6-8-17-20/h6,8,10H,4-5,7,9H2,1-3H3,(H2,15,16,18,19). The van der Waals surface area contributed by atoms with Gasteiger partial charge in [0.25, 0.3) is 0 Å². The van der Waals surface area contributed by atoms with E-state index in [9.17, 15) is 0 Å². The number of rotatable bonds is 7. The van der Waals surface area contributed by atoms with Crippen molar-refractivity contribution in [2.24, 2.45) is 0 Å². The minimum absolute atomic E-state index is 0.830. The third kappa shape index (κ3) is 3.46. The fourth-order valence-corrected chi connectivity index (χ4v) is 2.02. The zero-order valence-corrected chi connectivity index (χ0v) is 12.3. The zero-order valence-electron chi connectivity index (χ0n) is 12.3. The van der Waals surface area contributed by atoms with Crippen molar-refractivity contribution in [3.63, 3.8) is 0 Å². The molecule has 6 heteroatoms. The summed E-state index contributed by atoms with van der Waals surface area (Å²) in [5.74, 6) is 2.67. The van der Waals surface area contributed by atoms with Crippen molar-refractivity contribution in [2.45, 2.75) is 33.2 Å². The number of nitrogens with one attached hydrogen (secondary N) is 2. The smallest absolute Gasteiger partial charge is 0.134 e. The van der Waals surface area contributed by atoms with Gasteiger partial charge in [0.15, 0.2) is 0 Å². The lowest BCUT2D eigenvalue weighted by atomic mass is 10.3. The molecule has 20 heavy (non-hydrogen) atoms. The lowest BCUT2D eigenvalue weighted by Crippen LogP contribution is -2.12. The van der Waals surface area contributed by atoms with Gasteiger partial charge in [0, 0.05) is 44.5 Å². The minimum Gasteiger partial charge on any atom is -0.373 e. The van der Waals surface area contributed by atoms with Crippen LogP contribution in [0.3, 0.4) is 0 Å². The lowest BCUT2D eigenvalue weighted by Gasteiger charge is -2.13. The second-order valence-corrected chi connectivity index (χ2v) is 4.62. The fraction of sp³-hybridized carbons (Fsp3) is 0.500. The maximum Gasteiger partial charge on any atom is 0.134 e. The molecule has 2 rings (SSSR count). The number of aromatic nitrogens is 4. The van der Waals surface area contributed by atoms with E-state index in [0.29, 0.717) is 0 Å². The van der Waals surface area contributed by atoms with Crippen LogP contribution in [0.1, 0.15) is 24.7 Å². The quantitative estimate of drug-likeness (QED) is 0.757. The molecule has 108 valence electrons. The van der Waals surface area contributed by atoms with Crippen molar-refractivity contribution >= 4 is 11.6 Å². The number of nitrogens with zero attached hydrogens (tertiary/aromatic N) is 4. The number of aryl methyl sites for hydroxylation is 2. The molecule has 2 aromatic rings. The highest BCUT2D eigenvalue weighted by Gasteiger charge is 2.08. The van der Waals surface area contributed by atoms with Crippen molar-refractivity contribution in [2.75, 3.05) is 24.2 Å². The molecule has 0 saturated heterocycles. The van der Waals surface area contributed by atoms with E-state index in [-0.39, 0.29) is 0 Å². The van der Waals surface area contributed by atoms with Crippen molar-refractivity contribution in [3.05, 3.63) is 29.8 Å². The Morgan fingerprint density at radius 1 is 1.25 bits per heavy atom. The molecule has 0 radical (unpaired) electrons. The van der Waals surface area contributed by atoms with Gasteiger partial charge in [-0.3, -0.25) is 4.68 Å². The summed E-state index contributed by atoms with van der Waals surface area (Å²) in [5, 5.41) is 10.7. The Morgan fingerprint density at radius 2 is 2.05 bits per heavy atom. The first-order chi connectivity index (χ1) is 9.74. The zero-order chi connectivity index (χ0) is 14.4. The monoisotopic (exact) mass is 274 g/mol. The molecule has 0 spiro atoms. The predicted octanol–water partition coefficient (Wildman–Crippen LogP) is 2.09. The molecule has 2 heterocycles. The maximum absolute atomic E-state index is 4.55. The summed E-state index contributed by atoms with van der Waals surface area (Å²) in [6.45, 7) is 5.86. The Kier molecular flexibility index (Phi) is 4.92. The highest BCUT2D eigenvalue weighted by Crippen LogP contribution is 2.19. The summed E-state index contributed by atoms with van der Waals surface area (Å²) in [5.41, 5.74) is 1.06. The van der Waals surface area contributed by atoms with E-state index in [4.69, 9.17) is 0 Å². The van der Waals surface area contributed by atoms with E-state index in [1.807, 2.05) is 30.9 Å². The van der Waals surface area contributed by atoms with Gasteiger partial charge in [0.2, 0.25) is 0 Å². The molecule has 2 aromatic heterocycles. The summed E-state index contributed by atoms with van der Waals surface area (Å²) in [4.78, 5) is 9.01. The lowest BCUT2D eigenvalue weighted by molar-refractivity contribution is 0.591. The molecule has 0 aromatic carbocycles. The highest BCUT2D eigenvalue weighted by molar-refractivity contribution is 5.56. The molecule has 0 aliphatic heterocycles. The van der Waals surface area contributed by atoms with Crippen LogP contribution in [0.25, 0.3) is 0 Å². The van der Waals surface area contributed by atoms with Crippen LogP contribution in [0.5, 0.6) is 0 Å². The van der Waals surface area contributed by atoms with Gasteiger partial charge in [-0.1, -0.05) is 6.92 Å². The molecule has 0 saturated carbocycles. The van der Waals surface area contributed by atoms with Crippen molar-refractivity contribution < 1.29 is 0 Å². The van der Waals surface area contributed by atoms with Gasteiger partial charge in [0.1, 0.15) is 17.5 Å². The van der Waals surface area contributed by atoms with Crippen LogP contribution in [0.2, 0.25) is 0 Å². The molecule has 0 aliphatic rings. The number of anilines is 2. The van der Waals surface area contributed by atoms with Crippen molar-refractivity contribution in [3.8, 4) is 0 Å². The SMILES string of the molecule is CCc1nc(NC)c(C)c(NCCCn2cccn2)n1. The predicted molar refractivity (Wildman–Crippen MR) is 81.0 cm³/mol. The first-order valence-corrected chi connectivity index (χ1v) is 7.01. The van der Waals surface area contributed by atoms with Crippen molar-refractivity contribution in [1.82, 2.24) is 19.7 Å². The van der Waals surface area contributed by atoms with Crippen molar-refractivity contribution in [1.29, 1.82) is 0 Å². The van der Waals surface area contributed by atoms with Crippen LogP contribution in [0.4, 0.5) is 11.6 Å². The van der Waals surface area contributed by atoms with Gasteiger partial charge in [0.05, 0.1) is 0 Å². The van der Waals surface area contributed by atoms with Crippen LogP contribution in [-0.2, 0) is 13.0 Å². The average molecular weight is 274 g/mol. The van der Waals surface area contributed by atoms with E-state index >= 15 is 0 Å². The van der Waals surface area contributed by atoms with Gasteiger partial charge in [-0.05, 0) is 19.4 Å². The molecule has 0 bridgehead atoms. The summed E-state index contributed by atoms with van der Waals surface area (Å²) >= 11 is 0. The molecule has 0 atom stereocenters. The largest absolute Gasteiger partial charge is 0.373 e. The fourth-order valence-electron chi connectivity index (χ4n) is 2.02. The number of hydrogen-bond donors (Lipinski definition) is 2. The molecule has 0 fully saturated rings. The Bertz CT molecular complexity index is 535.